The molecule has 2 N–H and O–H groups in total. The lowest BCUT2D eigenvalue weighted by atomic mass is 10.0. The van der Waals surface area contributed by atoms with Crippen molar-refractivity contribution < 1.29 is 14.3 Å². The van der Waals surface area contributed by atoms with Gasteiger partial charge in [-0.1, -0.05) is 23.7 Å². The predicted octanol–water partition coefficient (Wildman–Crippen LogP) is 3.43. The van der Waals surface area contributed by atoms with E-state index in [4.69, 9.17) is 16.3 Å². The molecule has 0 saturated heterocycles. The standard InChI is InChI=1S/C20H21ClN2O3/c1-26-17-8-6-16(7-9-17)23-19(25)20(11-12-20)18(24)22-13-10-14-2-4-15(21)5-3-14/h2-9H,10-13H2,1H3,(H,22,24)(H,23,25). The molecular formula is C20H21ClN2O3. The number of anilines is 1. The van der Waals surface area contributed by atoms with Crippen molar-refractivity contribution in [2.45, 2.75) is 19.3 Å². The third kappa shape index (κ3) is 4.17. The minimum absolute atomic E-state index is 0.211. The second kappa shape index (κ2) is 7.79. The van der Waals surface area contributed by atoms with Crippen molar-refractivity contribution in [2.75, 3.05) is 19.0 Å². The molecule has 3 rings (SSSR count). The van der Waals surface area contributed by atoms with Crippen LogP contribution >= 0.6 is 11.6 Å². The lowest BCUT2D eigenvalue weighted by molar-refractivity contribution is -0.134. The Hall–Kier alpha value is -2.53. The molecule has 0 spiro atoms. The molecule has 6 heteroatoms. The molecule has 0 radical (unpaired) electrons. The molecule has 1 fully saturated rings. The van der Waals surface area contributed by atoms with Gasteiger partial charge in [0.1, 0.15) is 11.2 Å². The predicted molar refractivity (Wildman–Crippen MR) is 101 cm³/mol. The fourth-order valence-corrected chi connectivity index (χ4v) is 2.87. The van der Waals surface area contributed by atoms with Crippen LogP contribution in [0.2, 0.25) is 5.02 Å². The molecule has 0 aromatic heterocycles. The maximum atomic E-state index is 12.5. The van der Waals surface area contributed by atoms with Gasteiger partial charge in [-0.15, -0.1) is 0 Å². The molecule has 0 atom stereocenters. The van der Waals surface area contributed by atoms with Gasteiger partial charge in [0.25, 0.3) is 0 Å². The number of hydrogen-bond donors (Lipinski definition) is 2. The highest BCUT2D eigenvalue weighted by Crippen LogP contribution is 2.46. The van der Waals surface area contributed by atoms with Gasteiger partial charge in [-0.05, 0) is 61.2 Å². The van der Waals surface area contributed by atoms with Crippen LogP contribution in [0.15, 0.2) is 48.5 Å². The highest BCUT2D eigenvalue weighted by molar-refractivity contribution is 6.30. The largest absolute Gasteiger partial charge is 0.497 e. The van der Waals surface area contributed by atoms with E-state index in [1.807, 2.05) is 24.3 Å². The van der Waals surface area contributed by atoms with Gasteiger partial charge in [0.15, 0.2) is 0 Å². The molecule has 0 unspecified atom stereocenters. The number of benzene rings is 2. The highest BCUT2D eigenvalue weighted by atomic mass is 35.5. The first-order valence-electron chi connectivity index (χ1n) is 8.52. The topological polar surface area (TPSA) is 67.4 Å². The zero-order valence-corrected chi connectivity index (χ0v) is 15.3. The molecule has 2 aromatic carbocycles. The summed E-state index contributed by atoms with van der Waals surface area (Å²) in [6.45, 7) is 0.484. The van der Waals surface area contributed by atoms with Crippen LogP contribution in [0, 0.1) is 5.41 Å². The first kappa shape index (κ1) is 18.3. The van der Waals surface area contributed by atoms with Gasteiger partial charge in [0, 0.05) is 17.3 Å². The molecule has 2 amide bonds. The van der Waals surface area contributed by atoms with E-state index in [0.29, 0.717) is 42.3 Å². The second-order valence-electron chi connectivity index (χ2n) is 6.40. The number of nitrogens with one attached hydrogen (secondary N) is 2. The first-order chi connectivity index (χ1) is 12.5. The number of amides is 2. The van der Waals surface area contributed by atoms with Crippen LogP contribution in [0.5, 0.6) is 5.75 Å². The number of ether oxygens (including phenoxy) is 1. The Bertz CT molecular complexity index is 784. The molecule has 136 valence electrons. The molecule has 26 heavy (non-hydrogen) atoms. The maximum absolute atomic E-state index is 12.5. The van der Waals surface area contributed by atoms with E-state index in [0.717, 1.165) is 5.56 Å². The van der Waals surface area contributed by atoms with E-state index >= 15 is 0 Å². The van der Waals surface area contributed by atoms with Crippen LogP contribution in [0.3, 0.4) is 0 Å². The Morgan fingerprint density at radius 1 is 1.04 bits per heavy atom. The Morgan fingerprint density at radius 3 is 2.27 bits per heavy atom. The van der Waals surface area contributed by atoms with E-state index in [1.54, 1.807) is 31.4 Å². The highest BCUT2D eigenvalue weighted by Gasteiger charge is 2.56. The second-order valence-corrected chi connectivity index (χ2v) is 6.83. The van der Waals surface area contributed by atoms with E-state index in [9.17, 15) is 9.59 Å². The third-order valence-corrected chi connectivity index (χ3v) is 4.83. The zero-order chi connectivity index (χ0) is 18.6. The SMILES string of the molecule is COc1ccc(NC(=O)C2(C(=O)NCCc3ccc(Cl)cc3)CC2)cc1. The fourth-order valence-electron chi connectivity index (χ4n) is 2.75. The Kier molecular flexibility index (Phi) is 5.47. The molecule has 2 aromatic rings. The number of carbonyl (C=O) groups excluding carboxylic acids is 2. The summed E-state index contributed by atoms with van der Waals surface area (Å²) in [4.78, 5) is 25.0. The molecule has 1 saturated carbocycles. The quantitative estimate of drug-likeness (QED) is 0.732. The van der Waals surface area contributed by atoms with Crippen molar-refractivity contribution in [2.24, 2.45) is 5.41 Å². The average molecular weight is 373 g/mol. The minimum Gasteiger partial charge on any atom is -0.497 e. The maximum Gasteiger partial charge on any atom is 0.240 e. The van der Waals surface area contributed by atoms with Crippen molar-refractivity contribution in [3.8, 4) is 5.75 Å². The van der Waals surface area contributed by atoms with Gasteiger partial charge in [-0.2, -0.15) is 0 Å². The van der Waals surface area contributed by atoms with E-state index in [-0.39, 0.29) is 11.8 Å². The fraction of sp³-hybridized carbons (Fsp3) is 0.300. The van der Waals surface area contributed by atoms with Gasteiger partial charge in [-0.25, -0.2) is 0 Å². The number of hydrogen-bond acceptors (Lipinski definition) is 3. The molecule has 5 nitrogen and oxygen atoms in total. The van der Waals surface area contributed by atoms with Gasteiger partial charge < -0.3 is 15.4 Å². The molecule has 1 aliphatic carbocycles. The van der Waals surface area contributed by atoms with Gasteiger partial charge >= 0.3 is 0 Å². The average Bonchev–Trinajstić information content (AvgIpc) is 3.46. The minimum atomic E-state index is -0.945. The number of methoxy groups -OCH3 is 1. The van der Waals surface area contributed by atoms with Crippen LogP contribution < -0.4 is 15.4 Å². The number of rotatable bonds is 7. The van der Waals surface area contributed by atoms with E-state index in [1.165, 1.54) is 0 Å². The summed E-state index contributed by atoms with van der Waals surface area (Å²) < 4.78 is 5.10. The Labute approximate surface area is 157 Å². The van der Waals surface area contributed by atoms with Crippen molar-refractivity contribution in [1.29, 1.82) is 0 Å². The summed E-state index contributed by atoms with van der Waals surface area (Å²) in [7, 11) is 1.58. The monoisotopic (exact) mass is 372 g/mol. The van der Waals surface area contributed by atoms with Gasteiger partial charge in [-0.3, -0.25) is 9.59 Å². The number of halogens is 1. The van der Waals surface area contributed by atoms with Gasteiger partial charge in [0.05, 0.1) is 7.11 Å². The summed E-state index contributed by atoms with van der Waals surface area (Å²) >= 11 is 5.86. The van der Waals surface area contributed by atoms with Crippen molar-refractivity contribution in [3.05, 3.63) is 59.1 Å². The van der Waals surface area contributed by atoms with Crippen LogP contribution in [0.4, 0.5) is 5.69 Å². The third-order valence-electron chi connectivity index (χ3n) is 4.58. The molecule has 0 aliphatic heterocycles. The Morgan fingerprint density at radius 2 is 1.69 bits per heavy atom. The van der Waals surface area contributed by atoms with E-state index in [2.05, 4.69) is 10.6 Å². The lowest BCUT2D eigenvalue weighted by Crippen LogP contribution is -2.40. The normalized spacial score (nSPS) is 14.4. The summed E-state index contributed by atoms with van der Waals surface area (Å²) in [5.74, 6) is 0.244. The zero-order valence-electron chi connectivity index (χ0n) is 14.5. The summed E-state index contributed by atoms with van der Waals surface area (Å²) in [5, 5.41) is 6.39. The van der Waals surface area contributed by atoms with Crippen molar-refractivity contribution >= 4 is 29.1 Å². The van der Waals surface area contributed by atoms with E-state index < -0.39 is 5.41 Å². The molecular weight excluding hydrogens is 352 g/mol. The molecule has 1 aliphatic rings. The smallest absolute Gasteiger partial charge is 0.240 e. The molecule has 0 bridgehead atoms. The first-order valence-corrected chi connectivity index (χ1v) is 8.89. The van der Waals surface area contributed by atoms with Crippen LogP contribution in [0.25, 0.3) is 0 Å². The van der Waals surface area contributed by atoms with Crippen LogP contribution in [-0.4, -0.2) is 25.5 Å². The lowest BCUT2D eigenvalue weighted by Gasteiger charge is -2.15. The summed E-state index contributed by atoms with van der Waals surface area (Å²) in [6, 6.07) is 14.5. The molecule has 0 heterocycles. The van der Waals surface area contributed by atoms with Crippen LogP contribution in [-0.2, 0) is 16.0 Å². The van der Waals surface area contributed by atoms with Crippen molar-refractivity contribution in [1.82, 2.24) is 5.32 Å². The van der Waals surface area contributed by atoms with Crippen molar-refractivity contribution in [3.63, 3.8) is 0 Å². The van der Waals surface area contributed by atoms with Gasteiger partial charge in [0.2, 0.25) is 11.8 Å². The summed E-state index contributed by atoms with van der Waals surface area (Å²) in [5.41, 5.74) is 0.790. The number of carbonyl (C=O) groups is 2. The Balaban J connectivity index is 1.52. The van der Waals surface area contributed by atoms with Crippen LogP contribution in [0.1, 0.15) is 18.4 Å². The summed E-state index contributed by atoms with van der Waals surface area (Å²) in [6.07, 6.45) is 1.84.